The summed E-state index contributed by atoms with van der Waals surface area (Å²) in [7, 11) is 4.03. The number of carbonyl (C=O) groups excluding carboxylic acids is 3. The molecule has 44 heavy (non-hydrogen) atoms. The number of nitrogens with two attached hydrogens (primary N) is 1. The molecule has 2 unspecified atom stereocenters. The number of aliphatic hydroxyl groups excluding tert-OH is 2. The van der Waals surface area contributed by atoms with Gasteiger partial charge >= 0.3 is 0 Å². The van der Waals surface area contributed by atoms with Crippen LogP contribution in [0.25, 0.3) is 0 Å². The molecule has 2 aromatic rings. The van der Waals surface area contributed by atoms with E-state index in [1.54, 1.807) is 37.2 Å². The van der Waals surface area contributed by atoms with Crippen LogP contribution in [0, 0.1) is 18.8 Å². The highest BCUT2D eigenvalue weighted by molar-refractivity contribution is 7.98. The van der Waals surface area contributed by atoms with Crippen molar-refractivity contribution in [3.05, 3.63) is 81.3 Å². The summed E-state index contributed by atoms with van der Waals surface area (Å²) in [6.45, 7) is 2.05. The zero-order valence-electron chi connectivity index (χ0n) is 25.4. The Hall–Kier alpha value is -3.97. The molecule has 5 atom stereocenters. The molecule has 0 aliphatic heterocycles. The zero-order valence-corrected chi connectivity index (χ0v) is 26.2. The Morgan fingerprint density at radius 1 is 1.14 bits per heavy atom. The maximum absolute atomic E-state index is 14.1. The number of ketones is 2. The third-order valence-corrected chi connectivity index (χ3v) is 10.7. The molecule has 2 aromatic carbocycles. The number of allylic oxidation sites excluding steroid dienone is 1. The van der Waals surface area contributed by atoms with E-state index in [0.29, 0.717) is 16.9 Å². The maximum Gasteiger partial charge on any atom is 0.255 e. The third-order valence-electron chi connectivity index (χ3n) is 9.01. The van der Waals surface area contributed by atoms with E-state index in [0.717, 1.165) is 16.8 Å². The van der Waals surface area contributed by atoms with E-state index in [1.807, 2.05) is 44.1 Å². The summed E-state index contributed by atoms with van der Waals surface area (Å²) in [5, 5.41) is 34.3. The number of hydrogen-bond donors (Lipinski definition) is 5. The van der Waals surface area contributed by atoms with E-state index in [2.05, 4.69) is 10.6 Å². The number of nitrogens with one attached hydrogen (secondary N) is 1. The van der Waals surface area contributed by atoms with E-state index in [1.165, 1.54) is 0 Å². The number of fused-ring (bicyclic) bond motifs is 3. The summed E-state index contributed by atoms with van der Waals surface area (Å²) in [6, 6.07) is 9.74. The Bertz CT molecular complexity index is 1760. The number of aryl methyl sites for hydroxylation is 1. The minimum Gasteiger partial charge on any atom is -0.510 e. The molecule has 0 aromatic heterocycles. The number of nitrogens with zero attached hydrogens (tertiary/aromatic N) is 2. The van der Waals surface area contributed by atoms with Crippen molar-refractivity contribution in [1.29, 1.82) is 0 Å². The lowest BCUT2D eigenvalue weighted by molar-refractivity contribution is -0.148. The van der Waals surface area contributed by atoms with Gasteiger partial charge in [-0.1, -0.05) is 17.7 Å². The fourth-order valence-electron chi connectivity index (χ4n) is 6.83. The molecule has 12 heteroatoms. The lowest BCUT2D eigenvalue weighted by Crippen LogP contribution is -2.63. The van der Waals surface area contributed by atoms with Crippen molar-refractivity contribution < 1.29 is 33.9 Å². The number of aliphatic hydroxyl groups is 3. The minimum absolute atomic E-state index is 0.0715. The van der Waals surface area contributed by atoms with Gasteiger partial charge in [0.05, 0.1) is 15.7 Å². The van der Waals surface area contributed by atoms with Gasteiger partial charge in [0.15, 0.2) is 11.4 Å². The van der Waals surface area contributed by atoms with Gasteiger partial charge in [0, 0.05) is 48.3 Å². The van der Waals surface area contributed by atoms with Crippen molar-refractivity contribution in [2.24, 2.45) is 17.6 Å². The zero-order chi connectivity index (χ0) is 32.5. The number of amides is 1. The lowest BCUT2D eigenvalue weighted by Gasteiger charge is -2.50. The van der Waals surface area contributed by atoms with Crippen molar-refractivity contribution in [3.63, 3.8) is 0 Å². The summed E-state index contributed by atoms with van der Waals surface area (Å²) < 4.78 is 16.4. The molecule has 0 spiro atoms. The molecule has 1 amide bonds. The fourth-order valence-corrected chi connectivity index (χ4v) is 7.98. The Labute approximate surface area is 256 Å². The minimum atomic E-state index is -2.86. The van der Waals surface area contributed by atoms with E-state index in [4.69, 9.17) is 5.73 Å². The number of anilines is 1. The van der Waals surface area contributed by atoms with Crippen molar-refractivity contribution in [1.82, 2.24) is 9.62 Å². The van der Waals surface area contributed by atoms with E-state index in [-0.39, 0.29) is 24.1 Å². The number of benzene rings is 2. The van der Waals surface area contributed by atoms with Crippen molar-refractivity contribution in [3.8, 4) is 0 Å². The van der Waals surface area contributed by atoms with Gasteiger partial charge in [-0.25, -0.2) is 8.93 Å². The first kappa shape index (κ1) is 31.5. The molecule has 5 rings (SSSR count). The lowest BCUT2D eigenvalue weighted by atomic mass is 9.58. The molecular formula is C32H38N4O7S. The predicted molar refractivity (Wildman–Crippen MR) is 168 cm³/mol. The van der Waals surface area contributed by atoms with Gasteiger partial charge in [-0.2, -0.15) is 0 Å². The molecule has 0 radical (unpaired) electrons. The van der Waals surface area contributed by atoms with Crippen LogP contribution in [0.2, 0.25) is 0 Å². The van der Waals surface area contributed by atoms with Crippen LogP contribution in [0.15, 0.2) is 64.0 Å². The van der Waals surface area contributed by atoms with Gasteiger partial charge in [0.25, 0.3) is 5.91 Å². The predicted octanol–water partition coefficient (Wildman–Crippen LogP) is 1.57. The summed E-state index contributed by atoms with van der Waals surface area (Å²) in [5.41, 5.74) is 5.29. The normalized spacial score (nSPS) is 26.2. The maximum atomic E-state index is 14.1. The molecule has 6 N–H and O–H groups in total. The molecule has 0 bridgehead atoms. The first-order chi connectivity index (χ1) is 20.5. The highest BCUT2D eigenvalue weighted by Gasteiger charge is 2.63. The second kappa shape index (κ2) is 10.9. The van der Waals surface area contributed by atoms with Gasteiger partial charge in [-0.3, -0.25) is 19.3 Å². The van der Waals surface area contributed by atoms with Crippen LogP contribution in [-0.4, -0.2) is 87.6 Å². The molecular weight excluding hydrogens is 584 g/mol. The standard InChI is InChI=1S/C32H38N4O7S/c1-16-7-9-19(10-8-16)44(6,43)34-15-17-11-21-20(23(12-17)35(2)3)13-18-14-22-26(36(4)5)28(38)25(31(33)41)30(40)32(22,42)29(39)24(18)27(21)37/h7-12,18,22,26,38-39,42H,6,13-15H2,1-5H3,(H2,33,41)(H,34,43)/t18-,22-,26?,32-,44?/m0/s1. The quantitative estimate of drug-likeness (QED) is 0.227. The Morgan fingerprint density at radius 3 is 2.34 bits per heavy atom. The smallest absolute Gasteiger partial charge is 0.255 e. The van der Waals surface area contributed by atoms with Gasteiger partial charge in [-0.15, -0.1) is 0 Å². The number of likely N-dealkylation sites (N-methyl/N-ethyl adjacent to an activating group) is 1. The first-order valence-corrected chi connectivity index (χ1v) is 15.9. The molecule has 0 saturated carbocycles. The molecule has 0 fully saturated rings. The van der Waals surface area contributed by atoms with Crippen molar-refractivity contribution in [2.75, 3.05) is 33.1 Å². The second-order valence-electron chi connectivity index (χ2n) is 12.3. The summed E-state index contributed by atoms with van der Waals surface area (Å²) in [4.78, 5) is 43.8. The van der Waals surface area contributed by atoms with Crippen LogP contribution in [0.5, 0.6) is 0 Å². The van der Waals surface area contributed by atoms with Crippen LogP contribution < -0.4 is 15.4 Å². The van der Waals surface area contributed by atoms with Crippen LogP contribution in [0.3, 0.4) is 0 Å². The number of hydrogen-bond acceptors (Lipinski definition) is 9. The fraction of sp³-hybridized carbons (Fsp3) is 0.375. The van der Waals surface area contributed by atoms with Crippen LogP contribution in [0.1, 0.15) is 33.5 Å². The number of primary amides is 1. The van der Waals surface area contributed by atoms with Gasteiger partial charge in [-0.05, 0) is 81.0 Å². The Kier molecular flexibility index (Phi) is 7.78. The summed E-state index contributed by atoms with van der Waals surface area (Å²) >= 11 is 0. The first-order valence-electron chi connectivity index (χ1n) is 14.2. The third kappa shape index (κ3) is 4.82. The molecule has 234 valence electrons. The monoisotopic (exact) mass is 622 g/mol. The van der Waals surface area contributed by atoms with Gasteiger partial charge < -0.3 is 26.0 Å². The molecule has 0 heterocycles. The largest absolute Gasteiger partial charge is 0.510 e. The van der Waals surface area contributed by atoms with Crippen molar-refractivity contribution in [2.45, 2.75) is 42.8 Å². The summed E-state index contributed by atoms with van der Waals surface area (Å²) in [5.74, 6) is -2.19. The van der Waals surface area contributed by atoms with E-state index < -0.39 is 67.8 Å². The van der Waals surface area contributed by atoms with Gasteiger partial charge in [0.2, 0.25) is 5.78 Å². The Balaban J connectivity index is 1.59. The number of rotatable bonds is 7. The second-order valence-corrected chi connectivity index (χ2v) is 14.4. The molecule has 3 aliphatic rings. The van der Waals surface area contributed by atoms with Crippen LogP contribution >= 0.6 is 0 Å². The van der Waals surface area contributed by atoms with Crippen LogP contribution in [-0.2, 0) is 32.3 Å². The van der Waals surface area contributed by atoms with E-state index >= 15 is 0 Å². The van der Waals surface area contributed by atoms with Crippen LogP contribution in [0.4, 0.5) is 5.69 Å². The number of carbonyl (C=O) groups is 3. The number of Topliss-reactive ketones (excluding diaryl/α,β-unsaturated/α-hetero) is 2. The molecule has 11 nitrogen and oxygen atoms in total. The summed E-state index contributed by atoms with van der Waals surface area (Å²) in [6.07, 6.45) is 0.382. The average molecular weight is 623 g/mol. The Morgan fingerprint density at radius 2 is 1.77 bits per heavy atom. The highest BCUT2D eigenvalue weighted by atomic mass is 32.2. The van der Waals surface area contributed by atoms with E-state index in [9.17, 15) is 33.9 Å². The molecule has 0 saturated heterocycles. The average Bonchev–Trinajstić information content (AvgIpc) is 2.93. The van der Waals surface area contributed by atoms with Crippen molar-refractivity contribution >= 4 is 38.7 Å². The topological polar surface area (TPSA) is 173 Å². The SMILES string of the molecule is C=S(=O)(NCc1cc2c(c(N(C)C)c1)C[C@H]1C[C@H]3C(N(C)C)C(O)=C(C(N)=O)C(=O)[C@@]3(O)C(O)=C1C2=O)c1ccc(C)cc1. The highest BCUT2D eigenvalue weighted by Crippen LogP contribution is 2.52. The van der Waals surface area contributed by atoms with Gasteiger partial charge in [0.1, 0.15) is 17.1 Å². The molecule has 3 aliphatic carbocycles.